The van der Waals surface area contributed by atoms with Crippen molar-refractivity contribution < 1.29 is 14.3 Å². The van der Waals surface area contributed by atoms with E-state index in [1.165, 1.54) is 4.90 Å². The standard InChI is InChI=1S/C22H26ClIN2O3/c1-4-15(2)25-22(28)16(3)26(13-17-5-7-18(23)8-6-17)21(27)14-29-20-11-9-19(24)10-12-20/h5-12,15-16H,4,13-14H2,1-3H3,(H,25,28)/t15-,16-/m0/s1. The lowest BCUT2D eigenvalue weighted by Gasteiger charge is -2.29. The van der Waals surface area contributed by atoms with E-state index >= 15 is 0 Å². The Morgan fingerprint density at radius 2 is 1.72 bits per heavy atom. The molecular weight excluding hydrogens is 503 g/mol. The lowest BCUT2D eigenvalue weighted by molar-refractivity contribution is -0.142. The quantitative estimate of drug-likeness (QED) is 0.482. The summed E-state index contributed by atoms with van der Waals surface area (Å²) in [5, 5.41) is 3.57. The molecule has 156 valence electrons. The molecule has 5 nitrogen and oxygen atoms in total. The lowest BCUT2D eigenvalue weighted by atomic mass is 10.1. The van der Waals surface area contributed by atoms with E-state index in [1.807, 2.05) is 50.2 Å². The van der Waals surface area contributed by atoms with Gasteiger partial charge in [-0.05, 0) is 84.8 Å². The van der Waals surface area contributed by atoms with E-state index in [9.17, 15) is 9.59 Å². The Bertz CT molecular complexity index is 812. The third kappa shape index (κ3) is 7.51. The van der Waals surface area contributed by atoms with Crippen molar-refractivity contribution in [2.45, 2.75) is 45.8 Å². The van der Waals surface area contributed by atoms with E-state index in [1.54, 1.807) is 19.1 Å². The number of nitrogens with zero attached hydrogens (tertiary/aromatic N) is 1. The molecule has 1 N–H and O–H groups in total. The molecule has 0 spiro atoms. The second-order valence-electron chi connectivity index (χ2n) is 6.88. The summed E-state index contributed by atoms with van der Waals surface area (Å²) < 4.78 is 6.73. The lowest BCUT2D eigenvalue weighted by Crippen LogP contribution is -2.50. The fourth-order valence-corrected chi connectivity index (χ4v) is 3.08. The van der Waals surface area contributed by atoms with Crippen molar-refractivity contribution in [1.82, 2.24) is 10.2 Å². The molecule has 0 fully saturated rings. The topological polar surface area (TPSA) is 58.6 Å². The Balaban J connectivity index is 2.13. The van der Waals surface area contributed by atoms with Gasteiger partial charge in [-0.3, -0.25) is 9.59 Å². The Labute approximate surface area is 190 Å². The first kappa shape index (κ1) is 23.5. The van der Waals surface area contributed by atoms with Crippen molar-refractivity contribution in [3.63, 3.8) is 0 Å². The Hall–Kier alpha value is -1.80. The highest BCUT2D eigenvalue weighted by Gasteiger charge is 2.27. The molecule has 7 heteroatoms. The maximum Gasteiger partial charge on any atom is 0.261 e. The van der Waals surface area contributed by atoms with Gasteiger partial charge in [0.05, 0.1) is 0 Å². The summed E-state index contributed by atoms with van der Waals surface area (Å²) in [6.07, 6.45) is 0.819. The van der Waals surface area contributed by atoms with Crippen LogP contribution in [-0.4, -0.2) is 35.4 Å². The van der Waals surface area contributed by atoms with Crippen LogP contribution in [-0.2, 0) is 16.1 Å². The zero-order valence-corrected chi connectivity index (χ0v) is 19.7. The van der Waals surface area contributed by atoms with Gasteiger partial charge in [0, 0.05) is 21.2 Å². The normalized spacial score (nSPS) is 12.7. The number of carbonyl (C=O) groups is 2. The third-order valence-corrected chi connectivity index (χ3v) is 5.58. The minimum atomic E-state index is -0.632. The molecule has 2 aromatic carbocycles. The van der Waals surface area contributed by atoms with Crippen LogP contribution >= 0.6 is 34.2 Å². The number of amides is 2. The summed E-state index contributed by atoms with van der Waals surface area (Å²) in [6.45, 7) is 5.82. The molecule has 2 aromatic rings. The van der Waals surface area contributed by atoms with Crippen LogP contribution in [0.5, 0.6) is 5.75 Å². The summed E-state index contributed by atoms with van der Waals surface area (Å²) in [6, 6.07) is 14.1. The van der Waals surface area contributed by atoms with Gasteiger partial charge in [0.25, 0.3) is 5.91 Å². The second kappa shape index (κ2) is 11.4. The van der Waals surface area contributed by atoms with Crippen LogP contribution < -0.4 is 10.1 Å². The highest BCUT2D eigenvalue weighted by Crippen LogP contribution is 2.16. The molecule has 0 radical (unpaired) electrons. The largest absolute Gasteiger partial charge is 0.484 e. The minimum absolute atomic E-state index is 0.0421. The molecule has 0 saturated carbocycles. The number of benzene rings is 2. The summed E-state index contributed by atoms with van der Waals surface area (Å²) in [5.41, 5.74) is 0.889. The molecule has 0 heterocycles. The Morgan fingerprint density at radius 1 is 1.10 bits per heavy atom. The van der Waals surface area contributed by atoms with Crippen molar-refractivity contribution in [3.8, 4) is 5.75 Å². The zero-order chi connectivity index (χ0) is 21.4. The predicted molar refractivity (Wildman–Crippen MR) is 124 cm³/mol. The van der Waals surface area contributed by atoms with Crippen molar-refractivity contribution in [3.05, 3.63) is 62.7 Å². The van der Waals surface area contributed by atoms with Crippen LogP contribution in [0, 0.1) is 3.57 Å². The smallest absolute Gasteiger partial charge is 0.261 e. The number of rotatable bonds is 9. The van der Waals surface area contributed by atoms with E-state index in [4.69, 9.17) is 16.3 Å². The van der Waals surface area contributed by atoms with E-state index < -0.39 is 6.04 Å². The maximum atomic E-state index is 12.9. The minimum Gasteiger partial charge on any atom is -0.484 e. The molecule has 2 atom stereocenters. The van der Waals surface area contributed by atoms with Gasteiger partial charge >= 0.3 is 0 Å². The fourth-order valence-electron chi connectivity index (χ4n) is 2.59. The molecule has 0 saturated heterocycles. The Morgan fingerprint density at radius 3 is 2.31 bits per heavy atom. The predicted octanol–water partition coefficient (Wildman–Crippen LogP) is 4.66. The van der Waals surface area contributed by atoms with Crippen LogP contribution in [0.4, 0.5) is 0 Å². The van der Waals surface area contributed by atoms with E-state index in [0.29, 0.717) is 17.3 Å². The van der Waals surface area contributed by atoms with E-state index in [2.05, 4.69) is 27.9 Å². The van der Waals surface area contributed by atoms with Crippen LogP contribution in [0.3, 0.4) is 0 Å². The zero-order valence-electron chi connectivity index (χ0n) is 16.8. The number of carbonyl (C=O) groups excluding carboxylic acids is 2. The molecule has 2 amide bonds. The number of hydrogen-bond acceptors (Lipinski definition) is 3. The average molecular weight is 529 g/mol. The van der Waals surface area contributed by atoms with E-state index in [0.717, 1.165) is 15.6 Å². The summed E-state index contributed by atoms with van der Waals surface area (Å²) in [4.78, 5) is 27.1. The van der Waals surface area contributed by atoms with Crippen LogP contribution in [0.25, 0.3) is 0 Å². The van der Waals surface area contributed by atoms with Gasteiger partial charge in [0.1, 0.15) is 11.8 Å². The van der Waals surface area contributed by atoms with Gasteiger partial charge in [-0.2, -0.15) is 0 Å². The van der Waals surface area contributed by atoms with Crippen LogP contribution in [0.2, 0.25) is 5.02 Å². The molecule has 0 aliphatic carbocycles. The first-order valence-electron chi connectivity index (χ1n) is 9.52. The summed E-state index contributed by atoms with van der Waals surface area (Å²) in [5.74, 6) is 0.170. The first-order valence-corrected chi connectivity index (χ1v) is 11.0. The van der Waals surface area contributed by atoms with Crippen molar-refractivity contribution in [1.29, 1.82) is 0 Å². The summed E-state index contributed by atoms with van der Waals surface area (Å²) in [7, 11) is 0. The molecule has 0 aliphatic rings. The third-order valence-electron chi connectivity index (χ3n) is 4.61. The molecule has 0 aromatic heterocycles. The van der Waals surface area contributed by atoms with E-state index in [-0.39, 0.29) is 24.5 Å². The molecule has 29 heavy (non-hydrogen) atoms. The van der Waals surface area contributed by atoms with Gasteiger partial charge in [0.2, 0.25) is 5.91 Å². The first-order chi connectivity index (χ1) is 13.8. The molecule has 0 bridgehead atoms. The van der Waals surface area contributed by atoms with Crippen LogP contribution in [0.15, 0.2) is 48.5 Å². The monoisotopic (exact) mass is 528 g/mol. The van der Waals surface area contributed by atoms with Gasteiger partial charge in [0.15, 0.2) is 6.61 Å². The van der Waals surface area contributed by atoms with Gasteiger partial charge in [-0.1, -0.05) is 30.7 Å². The average Bonchev–Trinajstić information content (AvgIpc) is 2.72. The van der Waals surface area contributed by atoms with Gasteiger partial charge in [-0.25, -0.2) is 0 Å². The fraction of sp³-hybridized carbons (Fsp3) is 0.364. The highest BCUT2D eigenvalue weighted by atomic mass is 127. The Kier molecular flexibility index (Phi) is 9.23. The van der Waals surface area contributed by atoms with Crippen molar-refractivity contribution in [2.75, 3.05) is 6.61 Å². The second-order valence-corrected chi connectivity index (χ2v) is 8.57. The van der Waals surface area contributed by atoms with Gasteiger partial charge in [-0.15, -0.1) is 0 Å². The highest BCUT2D eigenvalue weighted by molar-refractivity contribution is 14.1. The van der Waals surface area contributed by atoms with Gasteiger partial charge < -0.3 is 15.0 Å². The number of hydrogen-bond donors (Lipinski definition) is 1. The summed E-state index contributed by atoms with van der Waals surface area (Å²) >= 11 is 8.17. The molecule has 0 unspecified atom stereocenters. The SMILES string of the molecule is CC[C@H](C)NC(=O)[C@H](C)N(Cc1ccc(Cl)cc1)C(=O)COc1ccc(I)cc1. The molecular formula is C22H26ClIN2O3. The number of nitrogens with one attached hydrogen (secondary N) is 1. The van der Waals surface area contributed by atoms with Crippen LogP contribution in [0.1, 0.15) is 32.8 Å². The molecule has 2 rings (SSSR count). The molecule has 0 aliphatic heterocycles. The van der Waals surface area contributed by atoms with Crippen molar-refractivity contribution in [2.24, 2.45) is 0 Å². The number of ether oxygens (including phenoxy) is 1. The maximum absolute atomic E-state index is 12.9. The number of halogens is 2. The van der Waals surface area contributed by atoms with Crippen molar-refractivity contribution >= 4 is 46.0 Å².